The lowest BCUT2D eigenvalue weighted by molar-refractivity contribution is -0.131. The largest absolute Gasteiger partial charge is 0.355 e. The molecule has 2 N–H and O–H groups in total. The Morgan fingerprint density at radius 1 is 0.917 bits per heavy atom. The normalized spacial score (nSPS) is 15.0. The van der Waals surface area contributed by atoms with Crippen molar-refractivity contribution in [2.75, 3.05) is 6.54 Å². The zero-order valence-electron chi connectivity index (χ0n) is 18.3. The van der Waals surface area contributed by atoms with Gasteiger partial charge in [-0.3, -0.25) is 4.79 Å². The van der Waals surface area contributed by atoms with Crippen molar-refractivity contribution in [3.05, 3.63) is 0 Å². The maximum Gasteiger partial charge on any atom is 0.225 e. The molecule has 0 aliphatic rings. The van der Waals surface area contributed by atoms with Crippen LogP contribution in [0.5, 0.6) is 0 Å². The number of rotatable bonds is 10. The molecule has 0 aromatic carbocycles. The van der Waals surface area contributed by atoms with Crippen LogP contribution >= 0.6 is 0 Å². The van der Waals surface area contributed by atoms with Crippen molar-refractivity contribution in [1.29, 1.82) is 0 Å². The van der Waals surface area contributed by atoms with E-state index in [0.29, 0.717) is 18.0 Å². The summed E-state index contributed by atoms with van der Waals surface area (Å²) in [6.07, 6.45) is 1.94. The molecule has 0 aromatic rings. The first-order valence-corrected chi connectivity index (χ1v) is 9.63. The Morgan fingerprint density at radius 2 is 1.42 bits per heavy atom. The molecule has 0 rings (SSSR count). The summed E-state index contributed by atoms with van der Waals surface area (Å²) < 4.78 is 0. The summed E-state index contributed by atoms with van der Waals surface area (Å²) in [5.74, 6) is 0.734. The van der Waals surface area contributed by atoms with E-state index in [-0.39, 0.29) is 22.2 Å². The van der Waals surface area contributed by atoms with Gasteiger partial charge in [0.05, 0.1) is 0 Å². The molecule has 24 heavy (non-hydrogen) atoms. The van der Waals surface area contributed by atoms with Gasteiger partial charge in [-0.2, -0.15) is 0 Å². The van der Waals surface area contributed by atoms with Crippen molar-refractivity contribution < 1.29 is 4.79 Å². The van der Waals surface area contributed by atoms with Crippen molar-refractivity contribution in [2.24, 2.45) is 22.2 Å². The van der Waals surface area contributed by atoms with Crippen LogP contribution in [0.25, 0.3) is 0 Å². The molecule has 3 nitrogen and oxygen atoms in total. The van der Waals surface area contributed by atoms with Gasteiger partial charge < -0.3 is 10.6 Å². The van der Waals surface area contributed by atoms with Crippen LogP contribution in [-0.2, 0) is 4.79 Å². The lowest BCUT2D eigenvalue weighted by Crippen LogP contribution is -2.45. The minimum atomic E-state index is -0.342. The molecule has 0 bridgehead atoms. The van der Waals surface area contributed by atoms with Crippen molar-refractivity contribution in [2.45, 2.75) is 101 Å². The minimum Gasteiger partial charge on any atom is -0.355 e. The van der Waals surface area contributed by atoms with E-state index in [1.54, 1.807) is 0 Å². The maximum atomic E-state index is 12.7. The molecule has 0 saturated carbocycles. The molecule has 1 unspecified atom stereocenters. The monoisotopic (exact) mass is 340 g/mol. The number of amides is 1. The van der Waals surface area contributed by atoms with Gasteiger partial charge in [-0.25, -0.2) is 0 Å². The van der Waals surface area contributed by atoms with E-state index < -0.39 is 0 Å². The fourth-order valence-corrected chi connectivity index (χ4v) is 3.51. The summed E-state index contributed by atoms with van der Waals surface area (Å²) in [7, 11) is 0. The van der Waals surface area contributed by atoms with E-state index in [4.69, 9.17) is 0 Å². The van der Waals surface area contributed by atoms with Crippen molar-refractivity contribution in [1.82, 2.24) is 10.6 Å². The van der Waals surface area contributed by atoms with Crippen LogP contribution in [0.15, 0.2) is 0 Å². The molecule has 0 heterocycles. The predicted molar refractivity (Wildman–Crippen MR) is 106 cm³/mol. The molecule has 3 heteroatoms. The van der Waals surface area contributed by atoms with Gasteiger partial charge in [-0.15, -0.1) is 0 Å². The van der Waals surface area contributed by atoms with Crippen LogP contribution in [0, 0.1) is 22.2 Å². The topological polar surface area (TPSA) is 41.1 Å². The molecule has 0 aliphatic carbocycles. The van der Waals surface area contributed by atoms with Gasteiger partial charge in [0, 0.05) is 24.0 Å². The van der Waals surface area contributed by atoms with Crippen LogP contribution in [0.3, 0.4) is 0 Å². The fourth-order valence-electron chi connectivity index (χ4n) is 3.51. The van der Waals surface area contributed by atoms with Crippen LogP contribution in [0.1, 0.15) is 89.0 Å². The van der Waals surface area contributed by atoms with Crippen molar-refractivity contribution in [3.63, 3.8) is 0 Å². The van der Waals surface area contributed by atoms with Crippen molar-refractivity contribution >= 4 is 5.91 Å². The van der Waals surface area contributed by atoms with E-state index >= 15 is 0 Å². The van der Waals surface area contributed by atoms with Crippen LogP contribution < -0.4 is 10.6 Å². The fraction of sp³-hybridized carbons (Fsp3) is 0.952. The molecule has 0 aliphatic heterocycles. The molecule has 0 spiro atoms. The smallest absolute Gasteiger partial charge is 0.225 e. The first-order valence-electron chi connectivity index (χ1n) is 9.63. The number of carbonyl (C=O) groups is 1. The first-order chi connectivity index (χ1) is 10.6. The van der Waals surface area contributed by atoms with Crippen LogP contribution in [-0.4, -0.2) is 24.5 Å². The highest BCUT2D eigenvalue weighted by Crippen LogP contribution is 2.39. The van der Waals surface area contributed by atoms with E-state index in [0.717, 1.165) is 19.4 Å². The summed E-state index contributed by atoms with van der Waals surface area (Å²) in [6, 6.07) is 0.937. The van der Waals surface area contributed by atoms with E-state index in [2.05, 4.69) is 86.8 Å². The van der Waals surface area contributed by atoms with Gasteiger partial charge >= 0.3 is 0 Å². The Labute approximate surface area is 151 Å². The van der Waals surface area contributed by atoms with E-state index in [9.17, 15) is 4.79 Å². The Hall–Kier alpha value is -0.570. The summed E-state index contributed by atoms with van der Waals surface area (Å²) in [4.78, 5) is 12.7. The molecular formula is C21H44N2O. The Bertz CT molecular complexity index is 395. The van der Waals surface area contributed by atoms with Crippen molar-refractivity contribution in [3.8, 4) is 0 Å². The number of hydrogen-bond donors (Lipinski definition) is 2. The second-order valence-corrected chi connectivity index (χ2v) is 10.5. The third-order valence-corrected chi connectivity index (χ3v) is 5.28. The molecule has 1 amide bonds. The third kappa shape index (κ3) is 8.50. The quantitative estimate of drug-likeness (QED) is 0.587. The second kappa shape index (κ2) is 8.69. The first kappa shape index (κ1) is 23.4. The minimum absolute atomic E-state index is 0.0839. The molecule has 0 radical (unpaired) electrons. The summed E-state index contributed by atoms with van der Waals surface area (Å²) in [5.41, 5.74) is -0.0989. The number of hydrogen-bond acceptors (Lipinski definition) is 2. The lowest BCUT2D eigenvalue weighted by atomic mass is 9.69. The highest BCUT2D eigenvalue weighted by Gasteiger charge is 2.36. The molecule has 0 aromatic heterocycles. The van der Waals surface area contributed by atoms with Gasteiger partial charge in [-0.1, -0.05) is 69.2 Å². The average Bonchev–Trinajstić information content (AvgIpc) is 2.32. The molecule has 0 fully saturated rings. The van der Waals surface area contributed by atoms with Gasteiger partial charge in [0.15, 0.2) is 0 Å². The average molecular weight is 341 g/mol. The Balaban J connectivity index is 4.64. The van der Waals surface area contributed by atoms with Gasteiger partial charge in [0.1, 0.15) is 0 Å². The third-order valence-electron chi connectivity index (χ3n) is 5.28. The van der Waals surface area contributed by atoms with E-state index in [1.807, 2.05) is 0 Å². The zero-order valence-corrected chi connectivity index (χ0v) is 18.3. The number of carbonyl (C=O) groups excluding carboxylic acids is 1. The predicted octanol–water partition coefficient (Wildman–Crippen LogP) is 5.00. The van der Waals surface area contributed by atoms with E-state index in [1.165, 1.54) is 0 Å². The molecule has 144 valence electrons. The highest BCUT2D eigenvalue weighted by atomic mass is 16.2. The zero-order chi connectivity index (χ0) is 19.3. The molecule has 1 atom stereocenters. The SMILES string of the molecule is CC(C)NC(C)CC(C)(C)CNC(=O)C(C)(C)CC(C)(C)C(C)C. The van der Waals surface area contributed by atoms with Crippen LogP contribution in [0.4, 0.5) is 0 Å². The lowest BCUT2D eigenvalue weighted by Gasteiger charge is -2.38. The summed E-state index contributed by atoms with van der Waals surface area (Å²) >= 11 is 0. The standard InChI is InChI=1S/C21H44N2O/c1-15(2)20(8,9)13-21(10,11)18(24)22-14-19(6,7)12-17(5)23-16(3)4/h15-17,23H,12-14H2,1-11H3,(H,22,24). The van der Waals surface area contributed by atoms with Gasteiger partial charge in [-0.05, 0) is 36.5 Å². The van der Waals surface area contributed by atoms with Gasteiger partial charge in [0.2, 0.25) is 5.91 Å². The second-order valence-electron chi connectivity index (χ2n) is 10.5. The number of nitrogens with one attached hydrogen (secondary N) is 2. The van der Waals surface area contributed by atoms with Gasteiger partial charge in [0.25, 0.3) is 0 Å². The summed E-state index contributed by atoms with van der Waals surface area (Å²) in [6.45, 7) is 24.9. The highest BCUT2D eigenvalue weighted by molar-refractivity contribution is 5.81. The Morgan fingerprint density at radius 3 is 1.83 bits per heavy atom. The molecular weight excluding hydrogens is 296 g/mol. The molecule has 0 saturated heterocycles. The Kier molecular flexibility index (Phi) is 8.48. The maximum absolute atomic E-state index is 12.7. The van der Waals surface area contributed by atoms with Crippen LogP contribution in [0.2, 0.25) is 0 Å². The summed E-state index contributed by atoms with van der Waals surface area (Å²) in [5, 5.41) is 6.76.